The minimum absolute atomic E-state index is 0.184. The van der Waals surface area contributed by atoms with Crippen LogP contribution < -0.4 is 5.32 Å². The molecule has 7 atom stereocenters. The van der Waals surface area contributed by atoms with Gasteiger partial charge in [-0.3, -0.25) is 4.79 Å². The highest BCUT2D eigenvalue weighted by atomic mass is 16.7. The summed E-state index contributed by atoms with van der Waals surface area (Å²) >= 11 is 0. The second-order valence-electron chi connectivity index (χ2n) is 22.9. The van der Waals surface area contributed by atoms with Crippen LogP contribution in [0.2, 0.25) is 0 Å². The van der Waals surface area contributed by atoms with E-state index in [1.165, 1.54) is 257 Å². The number of aliphatic hydroxyl groups is 5. The van der Waals surface area contributed by atoms with Crippen molar-refractivity contribution in [2.75, 3.05) is 13.2 Å². The van der Waals surface area contributed by atoms with E-state index in [1.807, 2.05) is 6.08 Å². The molecule has 7 unspecified atom stereocenters. The van der Waals surface area contributed by atoms with Crippen LogP contribution in [0.4, 0.5) is 0 Å². The van der Waals surface area contributed by atoms with Crippen molar-refractivity contribution in [1.29, 1.82) is 0 Å². The van der Waals surface area contributed by atoms with Crippen molar-refractivity contribution < 1.29 is 39.8 Å². The van der Waals surface area contributed by atoms with Crippen LogP contribution in [0.15, 0.2) is 36.5 Å². The van der Waals surface area contributed by atoms with Crippen LogP contribution in [0.3, 0.4) is 0 Å². The smallest absolute Gasteiger partial charge is 0.220 e. The summed E-state index contributed by atoms with van der Waals surface area (Å²) in [6.45, 7) is 3.81. The fourth-order valence-corrected chi connectivity index (χ4v) is 10.5. The molecule has 0 aromatic heterocycles. The Morgan fingerprint density at radius 3 is 1.12 bits per heavy atom. The number of hydrogen-bond acceptors (Lipinski definition) is 8. The number of carbonyl (C=O) groups is 1. The molecule has 1 fully saturated rings. The number of carbonyl (C=O) groups excluding carboxylic acids is 1. The van der Waals surface area contributed by atoms with Crippen molar-refractivity contribution in [3.8, 4) is 0 Å². The normalized spacial score (nSPS) is 19.1. The van der Waals surface area contributed by atoms with Gasteiger partial charge in [-0.25, -0.2) is 0 Å². The second kappa shape index (κ2) is 55.7. The lowest BCUT2D eigenvalue weighted by atomic mass is 9.99. The number of aliphatic hydroxyl groups excluding tert-OH is 5. The molecule has 0 aliphatic carbocycles. The molecule has 1 saturated heterocycles. The Hall–Kier alpha value is -1.59. The molecule has 0 bridgehead atoms. The fourth-order valence-electron chi connectivity index (χ4n) is 10.5. The Morgan fingerprint density at radius 2 is 0.760 bits per heavy atom. The van der Waals surface area contributed by atoms with Crippen LogP contribution in [0.25, 0.3) is 0 Å². The predicted molar refractivity (Wildman–Crippen MR) is 318 cm³/mol. The third-order valence-corrected chi connectivity index (χ3v) is 15.7. The van der Waals surface area contributed by atoms with E-state index < -0.39 is 49.5 Å². The maximum Gasteiger partial charge on any atom is 0.220 e. The van der Waals surface area contributed by atoms with Crippen molar-refractivity contribution >= 4 is 5.91 Å². The zero-order valence-electron chi connectivity index (χ0n) is 49.3. The topological polar surface area (TPSA) is 149 Å². The first-order valence-electron chi connectivity index (χ1n) is 32.7. The fraction of sp³-hybridized carbons (Fsp3) is 0.894. The third-order valence-electron chi connectivity index (χ3n) is 15.7. The Bertz CT molecular complexity index is 1270. The van der Waals surface area contributed by atoms with Crippen LogP contribution >= 0.6 is 0 Å². The van der Waals surface area contributed by atoms with E-state index in [0.29, 0.717) is 6.42 Å². The number of allylic oxidation sites excluding steroid dienone is 5. The average Bonchev–Trinajstić information content (AvgIpc) is 3.41. The lowest BCUT2D eigenvalue weighted by molar-refractivity contribution is -0.302. The van der Waals surface area contributed by atoms with Gasteiger partial charge in [0, 0.05) is 6.42 Å². The molecular weight excluding hydrogens is 935 g/mol. The van der Waals surface area contributed by atoms with Crippen LogP contribution in [-0.2, 0) is 14.3 Å². The molecule has 0 aromatic rings. The molecule has 1 rings (SSSR count). The molecule has 9 nitrogen and oxygen atoms in total. The van der Waals surface area contributed by atoms with E-state index in [-0.39, 0.29) is 12.5 Å². The summed E-state index contributed by atoms with van der Waals surface area (Å²) in [7, 11) is 0. The quantitative estimate of drug-likeness (QED) is 0.0261. The van der Waals surface area contributed by atoms with Crippen LogP contribution in [-0.4, -0.2) is 87.5 Å². The monoisotopic (exact) mass is 1060 g/mol. The zero-order chi connectivity index (χ0) is 54.3. The van der Waals surface area contributed by atoms with Crippen molar-refractivity contribution in [2.45, 2.75) is 365 Å². The summed E-state index contributed by atoms with van der Waals surface area (Å²) < 4.78 is 11.3. The van der Waals surface area contributed by atoms with Crippen molar-refractivity contribution in [2.24, 2.45) is 0 Å². The van der Waals surface area contributed by atoms with Gasteiger partial charge in [0.15, 0.2) is 6.29 Å². The minimum Gasteiger partial charge on any atom is -0.394 e. The van der Waals surface area contributed by atoms with E-state index in [1.54, 1.807) is 6.08 Å². The molecule has 0 aromatic carbocycles. The summed E-state index contributed by atoms with van der Waals surface area (Å²) in [6, 6.07) is -0.827. The SMILES string of the molecule is CCCCCCCCCCCCCCCC/C=C/CC/C=C/CC/C=C/C(O)C(COC1OC(CO)C(O)C(O)C1O)NC(=O)CCCCCCCCCCCCCCCCCCCCCCCCCCCCCC. The maximum absolute atomic E-state index is 13.1. The van der Waals surface area contributed by atoms with Gasteiger partial charge in [0.1, 0.15) is 24.4 Å². The van der Waals surface area contributed by atoms with Crippen molar-refractivity contribution in [3.05, 3.63) is 36.5 Å². The van der Waals surface area contributed by atoms with E-state index in [4.69, 9.17) is 9.47 Å². The standard InChI is InChI=1S/C66H125NO8/c1-3-5-7-9-11-13-15-17-19-21-23-25-27-29-30-31-32-34-36-38-40-42-44-46-48-50-52-54-56-62(70)67-59(58-74-66-65(73)64(72)63(71)61(57-68)75-66)60(69)55-53-51-49-47-45-43-41-39-37-35-33-28-26-24-22-20-18-16-14-12-10-8-6-4-2/h37,39,45,47,53,55,59-61,63-66,68-69,71-73H,3-36,38,40-44,46,48-52,54,56-58H2,1-2H3,(H,67,70)/b39-37+,47-45+,55-53+. The lowest BCUT2D eigenvalue weighted by Gasteiger charge is -2.40. The van der Waals surface area contributed by atoms with E-state index >= 15 is 0 Å². The number of hydrogen-bond donors (Lipinski definition) is 6. The van der Waals surface area contributed by atoms with Crippen molar-refractivity contribution in [1.82, 2.24) is 5.32 Å². The molecule has 1 aliphatic rings. The molecule has 75 heavy (non-hydrogen) atoms. The van der Waals surface area contributed by atoms with Crippen LogP contribution in [0.5, 0.6) is 0 Å². The summed E-state index contributed by atoms with van der Waals surface area (Å²) in [5.41, 5.74) is 0. The second-order valence-corrected chi connectivity index (χ2v) is 22.9. The summed E-state index contributed by atoms with van der Waals surface area (Å²) in [5, 5.41) is 54.6. The summed E-state index contributed by atoms with van der Waals surface area (Å²) in [5.74, 6) is -0.184. The van der Waals surface area contributed by atoms with Gasteiger partial charge in [0.05, 0.1) is 25.4 Å². The molecule has 442 valence electrons. The van der Waals surface area contributed by atoms with Crippen LogP contribution in [0, 0.1) is 0 Å². The molecule has 0 saturated carbocycles. The van der Waals surface area contributed by atoms with E-state index in [2.05, 4.69) is 43.5 Å². The zero-order valence-corrected chi connectivity index (χ0v) is 49.3. The third kappa shape index (κ3) is 44.9. The Balaban J connectivity index is 2.18. The number of rotatable bonds is 57. The van der Waals surface area contributed by atoms with Gasteiger partial charge in [-0.15, -0.1) is 0 Å². The minimum atomic E-state index is -1.57. The Kier molecular flexibility index (Phi) is 53.1. The number of amides is 1. The van der Waals surface area contributed by atoms with Gasteiger partial charge in [0.2, 0.25) is 5.91 Å². The highest BCUT2D eigenvalue weighted by Crippen LogP contribution is 2.23. The molecule has 1 heterocycles. The van der Waals surface area contributed by atoms with Gasteiger partial charge in [-0.1, -0.05) is 307 Å². The average molecular weight is 1060 g/mol. The van der Waals surface area contributed by atoms with Gasteiger partial charge in [0.25, 0.3) is 0 Å². The first kappa shape index (κ1) is 71.4. The maximum atomic E-state index is 13.1. The molecule has 0 spiro atoms. The van der Waals surface area contributed by atoms with Gasteiger partial charge in [-0.05, 0) is 44.9 Å². The number of ether oxygens (including phenoxy) is 2. The molecule has 1 aliphatic heterocycles. The first-order valence-corrected chi connectivity index (χ1v) is 32.7. The van der Waals surface area contributed by atoms with E-state index in [9.17, 15) is 30.3 Å². The molecule has 6 N–H and O–H groups in total. The highest BCUT2D eigenvalue weighted by Gasteiger charge is 2.44. The van der Waals surface area contributed by atoms with E-state index in [0.717, 1.165) is 44.9 Å². The van der Waals surface area contributed by atoms with Gasteiger partial charge >= 0.3 is 0 Å². The lowest BCUT2D eigenvalue weighted by Crippen LogP contribution is -2.60. The molecule has 0 radical (unpaired) electrons. The van der Waals surface area contributed by atoms with Crippen LogP contribution in [0.1, 0.15) is 322 Å². The van der Waals surface area contributed by atoms with Gasteiger partial charge in [-0.2, -0.15) is 0 Å². The predicted octanol–water partition coefficient (Wildman–Crippen LogP) is 17.1. The van der Waals surface area contributed by atoms with Gasteiger partial charge < -0.3 is 40.3 Å². The Labute approximate surface area is 463 Å². The summed E-state index contributed by atoms with van der Waals surface area (Å²) in [6.07, 6.45) is 66.7. The Morgan fingerprint density at radius 1 is 0.440 bits per heavy atom. The molecular formula is C66H125NO8. The highest BCUT2D eigenvalue weighted by molar-refractivity contribution is 5.76. The first-order chi connectivity index (χ1) is 36.8. The molecule has 1 amide bonds. The summed E-state index contributed by atoms with van der Waals surface area (Å²) in [4.78, 5) is 13.1. The number of unbranched alkanes of at least 4 members (excludes halogenated alkanes) is 43. The largest absolute Gasteiger partial charge is 0.394 e. The van der Waals surface area contributed by atoms with Crippen molar-refractivity contribution in [3.63, 3.8) is 0 Å². The molecule has 9 heteroatoms. The number of nitrogens with one attached hydrogen (secondary N) is 1.